The number of carbonyl (C=O) groups is 1. The van der Waals surface area contributed by atoms with Crippen molar-refractivity contribution in [3.8, 4) is 0 Å². The lowest BCUT2D eigenvalue weighted by molar-refractivity contribution is 0.267. The van der Waals surface area contributed by atoms with Gasteiger partial charge in [-0.15, -0.1) is 0 Å². The molecular weight excluding hydrogens is 208 g/mol. The van der Waals surface area contributed by atoms with Gasteiger partial charge in [-0.2, -0.15) is 0 Å². The zero-order chi connectivity index (χ0) is 10.9. The third kappa shape index (κ3) is 18.3. The molecular formula is C7H14N2O2S2. The summed E-state index contributed by atoms with van der Waals surface area (Å²) in [7, 11) is 3.68. The first-order valence-electron chi connectivity index (χ1n) is 3.35. The predicted octanol–water partition coefficient (Wildman–Crippen LogP) is 1.03. The Morgan fingerprint density at radius 2 is 2.15 bits per heavy atom. The molecule has 0 aliphatic carbocycles. The molecule has 0 atom stereocenters. The Balaban J connectivity index is 0. The Labute approximate surface area is 89.1 Å². The Kier molecular flexibility index (Phi) is 10.6. The van der Waals surface area contributed by atoms with Gasteiger partial charge in [0.1, 0.15) is 6.61 Å². The van der Waals surface area contributed by atoms with Crippen LogP contribution in [0.4, 0.5) is 4.79 Å². The van der Waals surface area contributed by atoms with Gasteiger partial charge < -0.3 is 15.4 Å². The zero-order valence-corrected chi connectivity index (χ0v) is 9.40. The van der Waals surface area contributed by atoms with Crippen LogP contribution in [0.25, 0.3) is 0 Å². The Morgan fingerprint density at radius 1 is 1.77 bits per heavy atom. The molecule has 0 saturated carbocycles. The van der Waals surface area contributed by atoms with Crippen LogP contribution >= 0.6 is 24.8 Å². The molecule has 0 unspecified atom stereocenters. The van der Waals surface area contributed by atoms with Crippen molar-refractivity contribution in [3.63, 3.8) is 0 Å². The van der Waals surface area contributed by atoms with E-state index in [1.165, 1.54) is 0 Å². The van der Waals surface area contributed by atoms with E-state index in [9.17, 15) is 0 Å². The van der Waals surface area contributed by atoms with Gasteiger partial charge in [0.15, 0.2) is 0 Å². The molecule has 0 aliphatic heterocycles. The van der Waals surface area contributed by atoms with Crippen molar-refractivity contribution in [3.05, 3.63) is 12.7 Å². The summed E-state index contributed by atoms with van der Waals surface area (Å²) >= 11 is 7.90. The number of nitrogens with zero attached hydrogens (tertiary/aromatic N) is 1. The highest BCUT2D eigenvalue weighted by atomic mass is 32.1. The fraction of sp³-hybridized carbons (Fsp3) is 0.429. The van der Waals surface area contributed by atoms with E-state index in [4.69, 9.17) is 21.7 Å². The molecule has 0 rings (SSSR count). The van der Waals surface area contributed by atoms with Crippen molar-refractivity contribution in [2.24, 2.45) is 5.73 Å². The summed E-state index contributed by atoms with van der Waals surface area (Å²) in [5, 5.41) is -0.144. The molecule has 0 radical (unpaired) electrons. The van der Waals surface area contributed by atoms with E-state index in [-0.39, 0.29) is 0 Å². The number of ether oxygens (including phenoxy) is 1. The molecule has 0 fully saturated rings. The van der Waals surface area contributed by atoms with E-state index in [1.807, 2.05) is 14.1 Å². The molecule has 2 N–H and O–H groups in total. The van der Waals surface area contributed by atoms with Crippen LogP contribution < -0.4 is 5.73 Å². The highest BCUT2D eigenvalue weighted by Gasteiger charge is 1.94. The maximum atomic E-state index is 9.09. The molecule has 0 bridgehead atoms. The minimum atomic E-state index is -0.639. The van der Waals surface area contributed by atoms with Crippen molar-refractivity contribution in [1.29, 1.82) is 0 Å². The Bertz CT molecular complexity index is 179. The van der Waals surface area contributed by atoms with Gasteiger partial charge >= 0.3 is 0 Å². The summed E-state index contributed by atoms with van der Waals surface area (Å²) in [6, 6.07) is 0. The van der Waals surface area contributed by atoms with Crippen LogP contribution in [0.3, 0.4) is 0 Å². The van der Waals surface area contributed by atoms with E-state index in [1.54, 1.807) is 11.0 Å². The van der Waals surface area contributed by atoms with Gasteiger partial charge in [0.25, 0.3) is 10.4 Å². The van der Waals surface area contributed by atoms with E-state index >= 15 is 0 Å². The maximum absolute atomic E-state index is 9.09. The number of primary amides is 1. The minimum Gasteiger partial charge on any atom is -0.467 e. The van der Waals surface area contributed by atoms with E-state index in [2.05, 4.69) is 24.9 Å². The summed E-state index contributed by atoms with van der Waals surface area (Å²) in [5.74, 6) is 0. The molecule has 0 aromatic carbocycles. The number of hydrogen-bond acceptors (Lipinski definition) is 3. The molecule has 0 aromatic heterocycles. The average molecular weight is 222 g/mol. The molecule has 0 spiro atoms. The van der Waals surface area contributed by atoms with Crippen molar-refractivity contribution in [2.75, 3.05) is 20.7 Å². The van der Waals surface area contributed by atoms with Gasteiger partial charge in [-0.3, -0.25) is 4.79 Å². The number of thiocarbonyl (C=S) groups is 1. The molecule has 0 aromatic rings. The second-order valence-electron chi connectivity index (χ2n) is 2.10. The van der Waals surface area contributed by atoms with Gasteiger partial charge in [0.05, 0.1) is 0 Å². The monoisotopic (exact) mass is 222 g/mol. The first-order valence-corrected chi connectivity index (χ1v) is 4.20. The fourth-order valence-electron chi connectivity index (χ4n) is 0.259. The molecule has 0 saturated heterocycles. The summed E-state index contributed by atoms with van der Waals surface area (Å²) in [6.07, 6.45) is 1.66. The van der Waals surface area contributed by atoms with Gasteiger partial charge in [0, 0.05) is 14.1 Å². The number of hydrogen-bond donors (Lipinski definition) is 2. The van der Waals surface area contributed by atoms with Crippen molar-refractivity contribution in [1.82, 2.24) is 4.90 Å². The molecule has 13 heavy (non-hydrogen) atoms. The van der Waals surface area contributed by atoms with Crippen molar-refractivity contribution >= 4 is 35.3 Å². The van der Waals surface area contributed by atoms with E-state index < -0.39 is 5.24 Å². The lowest BCUT2D eigenvalue weighted by Crippen LogP contribution is -2.22. The zero-order valence-electron chi connectivity index (χ0n) is 7.69. The lowest BCUT2D eigenvalue weighted by Gasteiger charge is -2.12. The maximum Gasteiger partial charge on any atom is 0.273 e. The van der Waals surface area contributed by atoms with Gasteiger partial charge in [-0.25, -0.2) is 0 Å². The van der Waals surface area contributed by atoms with Crippen LogP contribution in [-0.4, -0.2) is 36.0 Å². The third-order valence-corrected chi connectivity index (χ3v) is 1.17. The predicted molar refractivity (Wildman–Crippen MR) is 61.0 cm³/mol. The van der Waals surface area contributed by atoms with Gasteiger partial charge in [-0.1, -0.05) is 25.3 Å². The SMILES string of the molecule is C=CCOC(=S)N(C)C.NC(=O)S. The second kappa shape index (κ2) is 9.34. The third-order valence-electron chi connectivity index (χ3n) is 0.690. The first-order chi connectivity index (χ1) is 5.91. The first kappa shape index (κ1) is 14.8. The number of rotatable bonds is 2. The number of amides is 1. The van der Waals surface area contributed by atoms with E-state index in [0.717, 1.165) is 0 Å². The molecule has 76 valence electrons. The van der Waals surface area contributed by atoms with Gasteiger partial charge in [-0.05, 0) is 12.2 Å². The van der Waals surface area contributed by atoms with Crippen molar-refractivity contribution in [2.45, 2.75) is 0 Å². The summed E-state index contributed by atoms with van der Waals surface area (Å²) in [4.78, 5) is 10.8. The molecule has 0 heterocycles. The van der Waals surface area contributed by atoms with Crippen LogP contribution in [0.15, 0.2) is 12.7 Å². The smallest absolute Gasteiger partial charge is 0.273 e. The summed E-state index contributed by atoms with van der Waals surface area (Å²) in [6.45, 7) is 3.97. The fourth-order valence-corrected chi connectivity index (χ4v) is 0.327. The number of nitrogens with two attached hydrogens (primary N) is 1. The Hall–Kier alpha value is -0.750. The molecule has 4 nitrogen and oxygen atoms in total. The standard InChI is InChI=1S/C6H11NOS.CH3NOS/c1-4-5-8-6(9)7(2)3;2-1(3)4/h4H,1,5H2,2-3H3;(H3,2,3,4). The van der Waals surface area contributed by atoms with Gasteiger partial charge in [0.2, 0.25) is 0 Å². The van der Waals surface area contributed by atoms with E-state index in [0.29, 0.717) is 11.8 Å². The highest BCUT2D eigenvalue weighted by Crippen LogP contribution is 1.85. The summed E-state index contributed by atoms with van der Waals surface area (Å²) in [5.41, 5.74) is 4.34. The van der Waals surface area contributed by atoms with Crippen LogP contribution in [-0.2, 0) is 4.74 Å². The van der Waals surface area contributed by atoms with Crippen LogP contribution in [0.5, 0.6) is 0 Å². The second-order valence-corrected chi connectivity index (χ2v) is 2.89. The molecule has 1 amide bonds. The molecule has 6 heteroatoms. The minimum absolute atomic E-state index is 0.483. The van der Waals surface area contributed by atoms with Crippen LogP contribution in [0, 0.1) is 0 Å². The average Bonchev–Trinajstić information content (AvgIpc) is 1.98. The number of carbonyl (C=O) groups excluding carboxylic acids is 1. The van der Waals surface area contributed by atoms with Crippen LogP contribution in [0.1, 0.15) is 0 Å². The summed E-state index contributed by atoms with van der Waals surface area (Å²) < 4.78 is 4.99. The van der Waals surface area contributed by atoms with Crippen LogP contribution in [0.2, 0.25) is 0 Å². The highest BCUT2D eigenvalue weighted by molar-refractivity contribution is 7.96. The normalized spacial score (nSPS) is 7.62. The van der Waals surface area contributed by atoms with Crippen molar-refractivity contribution < 1.29 is 9.53 Å². The largest absolute Gasteiger partial charge is 0.467 e. The Morgan fingerprint density at radius 3 is 2.38 bits per heavy atom. The lowest BCUT2D eigenvalue weighted by atomic mass is 10.7. The molecule has 0 aliphatic rings. The number of thiol groups is 1. The quantitative estimate of drug-likeness (QED) is 0.416. The topological polar surface area (TPSA) is 55.6 Å².